The highest BCUT2D eigenvalue weighted by Gasteiger charge is 2.46. The summed E-state index contributed by atoms with van der Waals surface area (Å²) >= 11 is 0. The minimum absolute atomic E-state index is 0.0136. The van der Waals surface area contributed by atoms with Crippen molar-refractivity contribution >= 4 is 27.6 Å². The van der Waals surface area contributed by atoms with Gasteiger partial charge < -0.3 is 14.4 Å². The Kier molecular flexibility index (Phi) is 5.39. The third-order valence-electron chi connectivity index (χ3n) is 4.73. The van der Waals surface area contributed by atoms with E-state index in [2.05, 4.69) is 0 Å². The Morgan fingerprint density at radius 2 is 1.68 bits per heavy atom. The minimum Gasteiger partial charge on any atom is -0.497 e. The summed E-state index contributed by atoms with van der Waals surface area (Å²) in [5.41, 5.74) is 1.20. The molecule has 1 saturated heterocycles. The third-order valence-corrected chi connectivity index (χ3v) is 5.66. The van der Waals surface area contributed by atoms with Gasteiger partial charge in [0.15, 0.2) is 0 Å². The monoisotopic (exact) mass is 404 g/mol. The summed E-state index contributed by atoms with van der Waals surface area (Å²) in [6, 6.07) is 12.1. The van der Waals surface area contributed by atoms with Crippen molar-refractivity contribution in [3.63, 3.8) is 0 Å². The second-order valence-corrected chi connectivity index (χ2v) is 7.92. The third kappa shape index (κ3) is 3.71. The maximum Gasteiger partial charge on any atom is 0.311 e. The number of hydrogen-bond donors (Lipinski definition) is 1. The fraction of sp³-hybridized carbons (Fsp3) is 0.263. The molecule has 0 aromatic heterocycles. The first-order chi connectivity index (χ1) is 13.3. The number of hydrogen-bond acceptors (Lipinski definition) is 6. The smallest absolute Gasteiger partial charge is 0.311 e. The number of esters is 1. The molecule has 9 heteroatoms. The molecule has 1 amide bonds. The summed E-state index contributed by atoms with van der Waals surface area (Å²) in [6.45, 7) is 0. The molecule has 2 aromatic carbocycles. The number of amides is 1. The highest BCUT2D eigenvalue weighted by atomic mass is 32.2. The fourth-order valence-corrected chi connectivity index (χ4v) is 3.90. The van der Waals surface area contributed by atoms with Crippen LogP contribution < -0.4 is 14.8 Å². The molecule has 0 bridgehead atoms. The first-order valence-electron chi connectivity index (χ1n) is 8.43. The number of nitrogens with zero attached hydrogens (tertiary/aromatic N) is 1. The molecule has 1 aliphatic heterocycles. The Bertz CT molecular complexity index is 986. The molecular weight excluding hydrogens is 384 g/mol. The largest absolute Gasteiger partial charge is 0.497 e. The number of rotatable bonds is 5. The minimum atomic E-state index is -3.85. The molecule has 3 rings (SSSR count). The van der Waals surface area contributed by atoms with Gasteiger partial charge >= 0.3 is 5.97 Å². The predicted octanol–water partition coefficient (Wildman–Crippen LogP) is 1.61. The number of benzene rings is 2. The standard InChI is InChI=1S/C19H20N2O6S/c1-26-14-7-5-13(6-8-14)21-17(22)11-16(19(23)27-2)18(21)12-3-9-15(10-4-12)28(20,24)25/h3-10,16,18H,11H2,1-2H3,(H2,20,24,25)/t16-,18+/m1/s1. The van der Waals surface area contributed by atoms with Gasteiger partial charge in [-0.05, 0) is 42.0 Å². The van der Waals surface area contributed by atoms with Gasteiger partial charge in [-0.15, -0.1) is 0 Å². The van der Waals surface area contributed by atoms with Crippen LogP contribution in [0.25, 0.3) is 0 Å². The molecule has 148 valence electrons. The van der Waals surface area contributed by atoms with Crippen molar-refractivity contribution < 1.29 is 27.5 Å². The first kappa shape index (κ1) is 19.8. The molecule has 28 heavy (non-hydrogen) atoms. The zero-order valence-corrected chi connectivity index (χ0v) is 16.2. The summed E-state index contributed by atoms with van der Waals surface area (Å²) < 4.78 is 33.0. The molecule has 0 saturated carbocycles. The average Bonchev–Trinajstić information content (AvgIpc) is 3.04. The summed E-state index contributed by atoms with van der Waals surface area (Å²) in [6.07, 6.45) is -0.0136. The topological polar surface area (TPSA) is 116 Å². The fourth-order valence-electron chi connectivity index (χ4n) is 3.38. The lowest BCUT2D eigenvalue weighted by Crippen LogP contribution is -2.31. The molecule has 8 nitrogen and oxygen atoms in total. The summed E-state index contributed by atoms with van der Waals surface area (Å²) in [7, 11) is -1.04. The number of nitrogens with two attached hydrogens (primary N) is 1. The molecular formula is C19H20N2O6S. The molecule has 2 N–H and O–H groups in total. The van der Waals surface area contributed by atoms with Gasteiger partial charge in [0.2, 0.25) is 15.9 Å². The van der Waals surface area contributed by atoms with Crippen molar-refractivity contribution in [1.29, 1.82) is 0 Å². The summed E-state index contributed by atoms with van der Waals surface area (Å²) in [5.74, 6) is -0.833. The molecule has 1 aliphatic rings. The highest BCUT2D eigenvalue weighted by molar-refractivity contribution is 7.89. The highest BCUT2D eigenvalue weighted by Crippen LogP contribution is 2.42. The van der Waals surface area contributed by atoms with Gasteiger partial charge in [0.25, 0.3) is 0 Å². The van der Waals surface area contributed by atoms with E-state index in [0.29, 0.717) is 17.0 Å². The Morgan fingerprint density at radius 1 is 1.07 bits per heavy atom. The van der Waals surface area contributed by atoms with E-state index in [1.54, 1.807) is 43.5 Å². The molecule has 0 unspecified atom stereocenters. The maximum atomic E-state index is 12.7. The number of carbonyl (C=O) groups excluding carboxylic acids is 2. The van der Waals surface area contributed by atoms with Gasteiger partial charge in [0.05, 0.1) is 31.1 Å². The number of primary sulfonamides is 1. The van der Waals surface area contributed by atoms with Gasteiger partial charge in [-0.3, -0.25) is 9.59 Å². The quantitative estimate of drug-likeness (QED) is 0.757. The van der Waals surface area contributed by atoms with Crippen LogP contribution in [0.2, 0.25) is 0 Å². The molecule has 0 spiro atoms. The van der Waals surface area contributed by atoms with E-state index in [-0.39, 0.29) is 17.2 Å². The Morgan fingerprint density at radius 3 is 2.18 bits per heavy atom. The van der Waals surface area contributed by atoms with Crippen LogP contribution in [0, 0.1) is 5.92 Å². The molecule has 1 heterocycles. The molecule has 0 aliphatic carbocycles. The lowest BCUT2D eigenvalue weighted by Gasteiger charge is -2.28. The van der Waals surface area contributed by atoms with Crippen LogP contribution in [-0.4, -0.2) is 34.5 Å². The Labute approximate surface area is 162 Å². The molecule has 2 aromatic rings. The Hall–Kier alpha value is -2.91. The first-order valence-corrected chi connectivity index (χ1v) is 9.97. The van der Waals surface area contributed by atoms with E-state index < -0.39 is 28.0 Å². The van der Waals surface area contributed by atoms with Crippen LogP contribution in [0.1, 0.15) is 18.0 Å². The maximum absolute atomic E-state index is 12.7. The van der Waals surface area contributed by atoms with Gasteiger partial charge in [-0.1, -0.05) is 12.1 Å². The van der Waals surface area contributed by atoms with Crippen molar-refractivity contribution in [2.24, 2.45) is 11.1 Å². The van der Waals surface area contributed by atoms with Crippen LogP contribution in [0.15, 0.2) is 53.4 Å². The Balaban J connectivity index is 2.06. The van der Waals surface area contributed by atoms with Gasteiger partial charge in [-0.25, -0.2) is 13.6 Å². The van der Waals surface area contributed by atoms with E-state index in [1.165, 1.54) is 24.1 Å². The van der Waals surface area contributed by atoms with Crippen molar-refractivity contribution in [2.45, 2.75) is 17.4 Å². The normalized spacial score (nSPS) is 19.5. The number of methoxy groups -OCH3 is 2. The number of sulfonamides is 1. The summed E-state index contributed by atoms with van der Waals surface area (Å²) in [5, 5.41) is 5.15. The number of ether oxygens (including phenoxy) is 2. The van der Waals surface area contributed by atoms with E-state index in [4.69, 9.17) is 14.6 Å². The predicted molar refractivity (Wildman–Crippen MR) is 101 cm³/mol. The second-order valence-electron chi connectivity index (χ2n) is 6.35. The SMILES string of the molecule is COC(=O)[C@@H]1CC(=O)N(c2ccc(OC)cc2)[C@H]1c1ccc(S(N)(=O)=O)cc1. The lowest BCUT2D eigenvalue weighted by molar-refractivity contribution is -0.146. The van der Waals surface area contributed by atoms with E-state index in [1.807, 2.05) is 0 Å². The van der Waals surface area contributed by atoms with E-state index in [9.17, 15) is 18.0 Å². The zero-order chi connectivity index (χ0) is 20.5. The number of anilines is 1. The van der Waals surface area contributed by atoms with Crippen molar-refractivity contribution in [1.82, 2.24) is 0 Å². The summed E-state index contributed by atoms with van der Waals surface area (Å²) in [4.78, 5) is 26.5. The van der Waals surface area contributed by atoms with E-state index in [0.717, 1.165) is 0 Å². The molecule has 1 fully saturated rings. The van der Waals surface area contributed by atoms with Crippen LogP contribution in [-0.2, 0) is 24.3 Å². The van der Waals surface area contributed by atoms with Gasteiger partial charge in [-0.2, -0.15) is 0 Å². The second kappa shape index (κ2) is 7.61. The lowest BCUT2D eigenvalue weighted by atomic mass is 9.93. The van der Waals surface area contributed by atoms with Gasteiger partial charge in [0, 0.05) is 12.1 Å². The van der Waals surface area contributed by atoms with E-state index >= 15 is 0 Å². The van der Waals surface area contributed by atoms with Crippen molar-refractivity contribution in [3.05, 3.63) is 54.1 Å². The van der Waals surface area contributed by atoms with Crippen LogP contribution >= 0.6 is 0 Å². The van der Waals surface area contributed by atoms with Crippen molar-refractivity contribution in [3.8, 4) is 5.75 Å². The van der Waals surface area contributed by atoms with Crippen LogP contribution in [0.4, 0.5) is 5.69 Å². The average molecular weight is 404 g/mol. The number of carbonyl (C=O) groups is 2. The molecule has 2 atom stereocenters. The van der Waals surface area contributed by atoms with Crippen molar-refractivity contribution in [2.75, 3.05) is 19.1 Å². The zero-order valence-electron chi connectivity index (χ0n) is 15.4. The van der Waals surface area contributed by atoms with Crippen LogP contribution in [0.5, 0.6) is 5.75 Å². The van der Waals surface area contributed by atoms with Gasteiger partial charge in [0.1, 0.15) is 5.75 Å². The van der Waals surface area contributed by atoms with Crippen LogP contribution in [0.3, 0.4) is 0 Å². The molecule has 0 radical (unpaired) electrons.